The fourth-order valence-corrected chi connectivity index (χ4v) is 6.90. The Hall–Kier alpha value is -5.06. The van der Waals surface area contributed by atoms with Gasteiger partial charge >= 0.3 is 0 Å². The second-order valence-electron chi connectivity index (χ2n) is 10.8. The highest BCUT2D eigenvalue weighted by molar-refractivity contribution is 6.25. The smallest absolute Gasteiger partial charge is 0.271 e. The maximum atomic E-state index is 14.0. The van der Waals surface area contributed by atoms with E-state index >= 15 is 0 Å². The number of rotatable bonds is 5. The lowest BCUT2D eigenvalue weighted by atomic mass is 9.59. The lowest BCUT2D eigenvalue weighted by Gasteiger charge is -2.42. The monoisotopic (exact) mass is 570 g/mol. The van der Waals surface area contributed by atoms with Crippen LogP contribution in [0.15, 0.2) is 70.8 Å². The van der Waals surface area contributed by atoms with Crippen molar-refractivity contribution >= 4 is 34.8 Å². The quantitative estimate of drug-likeness (QED) is 0.185. The summed E-state index contributed by atoms with van der Waals surface area (Å²) in [6, 6.07) is 8.13. The number of nitro benzene ring substituents is 1. The molecule has 214 valence electrons. The number of non-ortho nitro benzene ring substituents is 1. The highest BCUT2D eigenvalue weighted by Gasteiger charge is 2.57. The molecule has 3 aliphatic carbocycles. The number of ketones is 2. The van der Waals surface area contributed by atoms with Crippen LogP contribution in [0.2, 0.25) is 0 Å². The Morgan fingerprint density at radius 1 is 1.00 bits per heavy atom. The van der Waals surface area contributed by atoms with Gasteiger partial charge in [-0.25, -0.2) is 4.90 Å². The van der Waals surface area contributed by atoms with Gasteiger partial charge in [-0.05, 0) is 37.8 Å². The molecule has 4 atom stereocenters. The first-order chi connectivity index (χ1) is 20.1. The van der Waals surface area contributed by atoms with Crippen LogP contribution in [0.1, 0.15) is 31.2 Å². The summed E-state index contributed by atoms with van der Waals surface area (Å²) >= 11 is 0. The number of Topliss-reactive ketones (excluding diaryl/α,β-unsaturated/α-hetero) is 1. The number of carbonyl (C=O) groups excluding carboxylic acids is 4. The molecule has 0 unspecified atom stereocenters. The number of aromatic hydroxyl groups is 1. The second kappa shape index (κ2) is 9.79. The van der Waals surface area contributed by atoms with Crippen LogP contribution in [0, 0.1) is 27.9 Å². The summed E-state index contributed by atoms with van der Waals surface area (Å²) in [5.41, 5.74) is 1.73. The third kappa shape index (κ3) is 3.87. The number of phenolic OH excluding ortho intramolecular Hbond substituents is 1. The molecule has 0 bridgehead atoms. The maximum absolute atomic E-state index is 14.0. The number of ether oxygens (including phenoxy) is 2. The molecule has 11 heteroatoms. The molecule has 1 aliphatic heterocycles. The number of fused-ring (bicyclic) bond motifs is 3. The average molecular weight is 571 g/mol. The van der Waals surface area contributed by atoms with Crippen LogP contribution in [0.25, 0.3) is 0 Å². The van der Waals surface area contributed by atoms with E-state index in [9.17, 15) is 34.4 Å². The number of carbonyl (C=O) groups is 4. The van der Waals surface area contributed by atoms with Gasteiger partial charge in [-0.1, -0.05) is 17.7 Å². The lowest BCUT2D eigenvalue weighted by molar-refractivity contribution is -0.384. The number of imide groups is 1. The Balaban J connectivity index is 1.53. The third-order valence-corrected chi connectivity index (χ3v) is 8.68. The zero-order valence-corrected chi connectivity index (χ0v) is 23.0. The number of allylic oxidation sites excluding steroid dienone is 6. The largest absolute Gasteiger partial charge is 0.508 e. The molecule has 0 spiro atoms. The topological polar surface area (TPSA) is 153 Å². The van der Waals surface area contributed by atoms with Crippen LogP contribution in [0.3, 0.4) is 0 Å². The van der Waals surface area contributed by atoms with Crippen molar-refractivity contribution in [3.63, 3.8) is 0 Å². The zero-order valence-electron chi connectivity index (χ0n) is 23.0. The molecule has 6 rings (SSSR count). The number of phenols is 1. The molecule has 1 saturated heterocycles. The van der Waals surface area contributed by atoms with Gasteiger partial charge < -0.3 is 14.6 Å². The van der Waals surface area contributed by atoms with Gasteiger partial charge in [0.15, 0.2) is 11.6 Å². The van der Waals surface area contributed by atoms with Gasteiger partial charge in [-0.2, -0.15) is 0 Å². The van der Waals surface area contributed by atoms with Gasteiger partial charge in [0.2, 0.25) is 11.8 Å². The number of anilines is 1. The third-order valence-electron chi connectivity index (χ3n) is 8.68. The van der Waals surface area contributed by atoms with Crippen LogP contribution in [-0.2, 0) is 19.2 Å². The zero-order chi connectivity index (χ0) is 30.0. The van der Waals surface area contributed by atoms with E-state index in [2.05, 4.69) is 0 Å². The van der Waals surface area contributed by atoms with Crippen molar-refractivity contribution in [2.75, 3.05) is 19.1 Å². The Kier molecular flexibility index (Phi) is 6.32. The summed E-state index contributed by atoms with van der Waals surface area (Å²) in [7, 11) is 2.82. The van der Waals surface area contributed by atoms with E-state index in [1.807, 2.05) is 6.08 Å². The molecule has 0 aromatic heterocycles. The molecule has 0 radical (unpaired) electrons. The normalized spacial score (nSPS) is 25.0. The van der Waals surface area contributed by atoms with E-state index in [1.54, 1.807) is 6.92 Å². The number of benzene rings is 2. The van der Waals surface area contributed by atoms with E-state index in [0.717, 1.165) is 4.90 Å². The Bertz CT molecular complexity index is 1690. The molecular formula is C31H26N2O9. The summed E-state index contributed by atoms with van der Waals surface area (Å²) in [5.74, 6) is -4.41. The predicted molar refractivity (Wildman–Crippen MR) is 148 cm³/mol. The van der Waals surface area contributed by atoms with Crippen LogP contribution in [0.4, 0.5) is 11.4 Å². The summed E-state index contributed by atoms with van der Waals surface area (Å²) in [6.07, 6.45) is 3.39. The number of methoxy groups -OCH3 is 2. The minimum Gasteiger partial charge on any atom is -0.508 e. The van der Waals surface area contributed by atoms with Crippen LogP contribution >= 0.6 is 0 Å². The predicted octanol–water partition coefficient (Wildman–Crippen LogP) is 3.95. The molecule has 2 amide bonds. The summed E-state index contributed by atoms with van der Waals surface area (Å²) < 4.78 is 11.2. The minimum absolute atomic E-state index is 0.0672. The van der Waals surface area contributed by atoms with Crippen molar-refractivity contribution in [1.82, 2.24) is 0 Å². The van der Waals surface area contributed by atoms with Crippen molar-refractivity contribution in [2.45, 2.75) is 25.7 Å². The van der Waals surface area contributed by atoms with Gasteiger partial charge in [0.1, 0.15) is 17.2 Å². The number of hydrogen-bond acceptors (Lipinski definition) is 9. The van der Waals surface area contributed by atoms with E-state index in [1.165, 1.54) is 56.7 Å². The number of hydrogen-bond donors (Lipinski definition) is 1. The van der Waals surface area contributed by atoms with Gasteiger partial charge in [0.25, 0.3) is 5.69 Å². The average Bonchev–Trinajstić information content (AvgIpc) is 3.23. The molecule has 2 aromatic carbocycles. The first-order valence-electron chi connectivity index (χ1n) is 13.3. The van der Waals surface area contributed by atoms with Crippen molar-refractivity contribution in [3.8, 4) is 17.2 Å². The molecule has 42 heavy (non-hydrogen) atoms. The van der Waals surface area contributed by atoms with E-state index in [-0.39, 0.29) is 69.8 Å². The van der Waals surface area contributed by atoms with Gasteiger partial charge in [0, 0.05) is 52.5 Å². The fourth-order valence-electron chi connectivity index (χ4n) is 6.90. The Morgan fingerprint density at radius 3 is 2.33 bits per heavy atom. The maximum Gasteiger partial charge on any atom is 0.271 e. The van der Waals surface area contributed by atoms with Crippen LogP contribution in [0.5, 0.6) is 17.2 Å². The Labute approximate surface area is 239 Å². The molecular weight excluding hydrogens is 544 g/mol. The first-order valence-corrected chi connectivity index (χ1v) is 13.3. The van der Waals surface area contributed by atoms with Gasteiger partial charge in [-0.3, -0.25) is 29.3 Å². The second-order valence-corrected chi connectivity index (χ2v) is 10.8. The molecule has 0 saturated carbocycles. The van der Waals surface area contributed by atoms with Crippen molar-refractivity contribution < 1.29 is 38.7 Å². The molecule has 1 heterocycles. The van der Waals surface area contributed by atoms with Crippen LogP contribution < -0.4 is 14.4 Å². The molecule has 4 aliphatic rings. The standard InChI is InChI=1S/C31H26N2O9/c1-14-9-22(35)21-13-20-18(26(27(21)29(14)36)28-23(41-2)11-17(34)12-24(28)42-3)7-8-19-25(20)31(38)32(30(19)37)15-5-4-6-16(10-15)33(39)40/h4-7,9-12,19-20,25-26,34H,8,13H2,1-3H3/t19-,20+,25-,26-/m0/s1. The highest BCUT2D eigenvalue weighted by atomic mass is 16.6. The van der Waals surface area contributed by atoms with Crippen molar-refractivity contribution in [2.24, 2.45) is 17.8 Å². The molecule has 1 fully saturated rings. The minimum atomic E-state index is -0.864. The van der Waals surface area contributed by atoms with E-state index < -0.39 is 40.4 Å². The van der Waals surface area contributed by atoms with E-state index in [0.29, 0.717) is 11.1 Å². The number of nitro groups is 1. The lowest BCUT2D eigenvalue weighted by Crippen LogP contribution is -2.40. The van der Waals surface area contributed by atoms with Crippen LogP contribution in [-0.4, -0.2) is 47.6 Å². The summed E-state index contributed by atoms with van der Waals surface area (Å²) in [6.45, 7) is 1.57. The molecule has 2 aromatic rings. The molecule has 1 N–H and O–H groups in total. The van der Waals surface area contributed by atoms with E-state index in [4.69, 9.17) is 9.47 Å². The Morgan fingerprint density at radius 2 is 1.69 bits per heavy atom. The van der Waals surface area contributed by atoms with Gasteiger partial charge in [0.05, 0.1) is 36.7 Å². The number of nitrogens with zero attached hydrogens (tertiary/aromatic N) is 2. The summed E-state index contributed by atoms with van der Waals surface area (Å²) in [4.78, 5) is 66.5. The fraction of sp³-hybridized carbons (Fsp3) is 0.290. The van der Waals surface area contributed by atoms with Crippen molar-refractivity contribution in [3.05, 3.63) is 86.5 Å². The summed E-state index contributed by atoms with van der Waals surface area (Å²) in [5, 5.41) is 21.7. The molecule has 11 nitrogen and oxygen atoms in total. The first kappa shape index (κ1) is 27.1. The van der Waals surface area contributed by atoms with Gasteiger partial charge in [-0.15, -0.1) is 0 Å². The number of amides is 2. The van der Waals surface area contributed by atoms with Crippen molar-refractivity contribution in [1.29, 1.82) is 0 Å². The highest BCUT2D eigenvalue weighted by Crippen LogP contribution is 2.58. The SMILES string of the molecule is COc1cc(O)cc(OC)c1[C@H]1C2=CC[C@@H]3C(=O)N(c4cccc([N+](=O)[O-])c4)C(=O)[C@@H]3[C@@H]2CC2=C1C(=O)C(C)=CC2=O.